The maximum absolute atomic E-state index is 10.4. The van der Waals surface area contributed by atoms with Crippen molar-refractivity contribution in [2.24, 2.45) is 40.1 Å². The van der Waals surface area contributed by atoms with Crippen LogP contribution in [0.3, 0.4) is 0 Å². The number of phosphoric ester groups is 1. The summed E-state index contributed by atoms with van der Waals surface area (Å²) in [6.45, 7) is 5.61. The number of carboxylic acid groups (broad SMARTS) is 1. The Morgan fingerprint density at radius 1 is 0.780 bits per heavy atom. The van der Waals surface area contributed by atoms with Crippen LogP contribution in [-0.4, -0.2) is 125 Å². The second-order valence-electron chi connectivity index (χ2n) is 12.4. The second kappa shape index (κ2) is 39.2. The fraction of sp³-hybridized carbons (Fsp3) is 0.600. The first-order valence-corrected chi connectivity index (χ1v) is 20.4. The SMILES string of the molecule is C=C(OP(=O)(O)O)C(=O)O.NC(=O)c1cccnc1.NCCCC(N)CCCO.NCCCC(N)CCCO.NCCCC(N)CCCO.Nc1ncnc2nc[nH]c12. The molecule has 0 aromatic carbocycles. The number of nitrogens with one attached hydrogen (secondary N) is 1. The number of fused-ring (bicyclic) bond motifs is 1. The monoisotopic (exact) mass is 864 g/mol. The van der Waals surface area contributed by atoms with Crippen molar-refractivity contribution >= 4 is 36.7 Å². The standard InChI is InChI=1S/3C7H18N2O.C6H6N2O.C5H5N5.C3H5O6P/c3*8-5-1-3-7(9)4-2-6-10;7-6(9)5-2-1-3-8-4-5;6-4-3-5(9-1-7-3)10-2-8-4;1-2(3(4)5)9-10(6,7)8/h3*7,10H,1-6,8-9H2;1-4H,(H2,7,9);1-2H,(H3,6,7,8,9,10);1H2,(H,4,5)(H2,6,7,8). The van der Waals surface area contributed by atoms with Crippen LogP contribution in [0.5, 0.6) is 0 Å². The van der Waals surface area contributed by atoms with Gasteiger partial charge in [-0.3, -0.25) is 19.6 Å². The van der Waals surface area contributed by atoms with Crippen molar-refractivity contribution in [3.8, 4) is 0 Å². The number of nitrogen functional groups attached to an aromatic ring is 1. The summed E-state index contributed by atoms with van der Waals surface area (Å²) in [6, 6.07) is 3.98. The number of aliphatic carboxylic acids is 1. The third kappa shape index (κ3) is 39.0. The highest BCUT2D eigenvalue weighted by atomic mass is 31.2. The van der Waals surface area contributed by atoms with Gasteiger partial charge in [-0.1, -0.05) is 0 Å². The average molecular weight is 864 g/mol. The van der Waals surface area contributed by atoms with Gasteiger partial charge < -0.3 is 75.8 Å². The fourth-order valence-electron chi connectivity index (χ4n) is 4.11. The lowest BCUT2D eigenvalue weighted by Crippen LogP contribution is -2.21. The van der Waals surface area contributed by atoms with E-state index >= 15 is 0 Å². The molecule has 59 heavy (non-hydrogen) atoms. The van der Waals surface area contributed by atoms with Crippen molar-refractivity contribution in [1.29, 1.82) is 0 Å². The number of H-pyrrole nitrogens is 1. The molecular weight excluding hydrogens is 793 g/mol. The van der Waals surface area contributed by atoms with Crippen LogP contribution >= 0.6 is 7.82 Å². The number of hydrogen-bond acceptors (Lipinski definition) is 18. The molecule has 0 spiro atoms. The highest BCUT2D eigenvalue weighted by Crippen LogP contribution is 2.38. The van der Waals surface area contributed by atoms with Crippen LogP contribution in [-0.2, 0) is 13.9 Å². The smallest absolute Gasteiger partial charge is 0.475 e. The number of aromatic nitrogens is 5. The zero-order chi connectivity index (χ0) is 45.5. The molecule has 3 aromatic heterocycles. The predicted molar refractivity (Wildman–Crippen MR) is 227 cm³/mol. The Balaban J connectivity index is -0.000000638. The number of nitrogens with two attached hydrogens (primary N) is 8. The van der Waals surface area contributed by atoms with E-state index in [9.17, 15) is 14.2 Å². The third-order valence-corrected chi connectivity index (χ3v) is 7.66. The summed E-state index contributed by atoms with van der Waals surface area (Å²) >= 11 is 0. The number of carbonyl (C=O) groups is 2. The lowest BCUT2D eigenvalue weighted by molar-refractivity contribution is -0.135. The van der Waals surface area contributed by atoms with Gasteiger partial charge in [0.2, 0.25) is 11.7 Å². The van der Waals surface area contributed by atoms with Crippen LogP contribution in [0.2, 0.25) is 0 Å². The molecule has 3 aromatic rings. The number of pyridine rings is 1. The van der Waals surface area contributed by atoms with Crippen molar-refractivity contribution in [2.45, 2.75) is 95.2 Å². The summed E-state index contributed by atoms with van der Waals surface area (Å²) in [7, 11) is -4.76. The quantitative estimate of drug-likeness (QED) is 0.0337. The van der Waals surface area contributed by atoms with Crippen LogP contribution in [0.25, 0.3) is 11.2 Å². The largest absolute Gasteiger partial charge is 0.525 e. The molecule has 23 nitrogen and oxygen atoms in total. The minimum Gasteiger partial charge on any atom is -0.475 e. The van der Waals surface area contributed by atoms with E-state index in [1.54, 1.807) is 18.3 Å². The van der Waals surface area contributed by atoms with Gasteiger partial charge in [-0.15, -0.1) is 0 Å². The summed E-state index contributed by atoms with van der Waals surface area (Å²) in [5.74, 6) is -2.60. The normalized spacial score (nSPS) is 11.8. The number of aliphatic hydroxyl groups excluding tert-OH is 3. The Bertz CT molecular complexity index is 1440. The van der Waals surface area contributed by atoms with Crippen LogP contribution in [0.15, 0.2) is 49.5 Å². The van der Waals surface area contributed by atoms with E-state index < -0.39 is 25.5 Å². The Kier molecular flexibility index (Phi) is 39.3. The van der Waals surface area contributed by atoms with Crippen LogP contribution in [0.4, 0.5) is 5.82 Å². The van der Waals surface area contributed by atoms with Gasteiger partial charge in [-0.2, -0.15) is 0 Å². The molecule has 0 saturated carbocycles. The molecule has 1 amide bonds. The van der Waals surface area contributed by atoms with Crippen molar-refractivity contribution < 1.29 is 48.9 Å². The van der Waals surface area contributed by atoms with E-state index in [1.807, 2.05) is 0 Å². The fourth-order valence-corrected chi connectivity index (χ4v) is 4.47. The van der Waals surface area contributed by atoms with E-state index in [4.69, 9.17) is 76.1 Å². The van der Waals surface area contributed by atoms with Crippen molar-refractivity contribution in [3.63, 3.8) is 0 Å². The number of rotatable bonds is 22. The number of phosphoric acid groups is 1. The molecule has 0 bridgehead atoms. The number of carboxylic acids is 1. The summed E-state index contributed by atoms with van der Waals surface area (Å²) in [4.78, 5) is 54.3. The summed E-state index contributed by atoms with van der Waals surface area (Å²) in [5.41, 5.74) is 45.1. The van der Waals surface area contributed by atoms with Crippen LogP contribution in [0, 0.1) is 0 Å². The van der Waals surface area contributed by atoms with Gasteiger partial charge in [0.25, 0.3) is 0 Å². The molecule has 340 valence electrons. The molecule has 3 heterocycles. The maximum atomic E-state index is 10.4. The van der Waals surface area contributed by atoms with Gasteiger partial charge in [-0.25, -0.2) is 24.3 Å². The third-order valence-electron chi connectivity index (χ3n) is 7.20. The predicted octanol–water partition coefficient (Wildman–Crippen LogP) is -0.715. The van der Waals surface area contributed by atoms with E-state index in [0.29, 0.717) is 42.2 Å². The van der Waals surface area contributed by atoms with E-state index in [0.717, 1.165) is 77.0 Å². The number of primary amides is 1. The molecule has 0 radical (unpaired) electrons. The zero-order valence-electron chi connectivity index (χ0n) is 33.8. The van der Waals surface area contributed by atoms with Crippen LogP contribution < -0.4 is 45.9 Å². The number of aliphatic hydroxyl groups is 3. The van der Waals surface area contributed by atoms with E-state index in [2.05, 4.69) is 36.0 Å². The topological polar surface area (TPSA) is 457 Å². The number of aromatic amines is 1. The number of amides is 1. The van der Waals surface area contributed by atoms with E-state index in [1.165, 1.54) is 18.9 Å². The Labute approximate surface area is 345 Å². The molecular formula is C35H70N13O10P. The molecule has 0 saturated heterocycles. The molecule has 0 aliphatic carbocycles. The Morgan fingerprint density at radius 3 is 1.51 bits per heavy atom. The van der Waals surface area contributed by atoms with Gasteiger partial charge in [-0.05, 0) is 115 Å². The molecule has 0 aliphatic rings. The zero-order valence-corrected chi connectivity index (χ0v) is 34.7. The molecule has 0 aliphatic heterocycles. The first kappa shape index (κ1) is 59.1. The molecule has 3 atom stereocenters. The molecule has 23 N–H and O–H groups in total. The lowest BCUT2D eigenvalue weighted by atomic mass is 10.1. The van der Waals surface area contributed by atoms with Crippen molar-refractivity contribution in [3.05, 3.63) is 55.1 Å². The Morgan fingerprint density at radius 2 is 1.22 bits per heavy atom. The highest BCUT2D eigenvalue weighted by molar-refractivity contribution is 7.46. The minimum absolute atomic E-state index is 0.232. The van der Waals surface area contributed by atoms with Crippen molar-refractivity contribution in [2.75, 3.05) is 45.2 Å². The number of carbonyl (C=O) groups excluding carboxylic acids is 1. The first-order chi connectivity index (χ1) is 27.9. The van der Waals surface area contributed by atoms with E-state index in [-0.39, 0.29) is 37.9 Å². The Hall–Kier alpha value is -4.23. The summed E-state index contributed by atoms with van der Waals surface area (Å²) in [5, 5.41) is 33.4. The van der Waals surface area contributed by atoms with Crippen molar-refractivity contribution in [1.82, 2.24) is 24.9 Å². The van der Waals surface area contributed by atoms with Crippen LogP contribution in [0.1, 0.15) is 87.4 Å². The summed E-state index contributed by atoms with van der Waals surface area (Å²) in [6.07, 6.45) is 17.0. The molecule has 0 fully saturated rings. The minimum atomic E-state index is -4.76. The average Bonchev–Trinajstić information content (AvgIpc) is 3.70. The maximum Gasteiger partial charge on any atom is 0.525 e. The van der Waals surface area contributed by atoms with Gasteiger partial charge in [0.05, 0.1) is 11.9 Å². The highest BCUT2D eigenvalue weighted by Gasteiger charge is 2.20. The van der Waals surface area contributed by atoms with Gasteiger partial charge in [0, 0.05) is 50.3 Å². The van der Waals surface area contributed by atoms with Gasteiger partial charge in [0.1, 0.15) is 11.8 Å². The lowest BCUT2D eigenvalue weighted by Gasteiger charge is -2.08. The number of nitrogens with zero attached hydrogens (tertiary/aromatic N) is 4. The second-order valence-corrected chi connectivity index (χ2v) is 13.6. The molecule has 24 heteroatoms. The first-order valence-electron chi connectivity index (χ1n) is 18.9. The molecule has 3 rings (SSSR count). The summed E-state index contributed by atoms with van der Waals surface area (Å²) < 4.78 is 13.5. The molecule has 3 unspecified atom stereocenters. The van der Waals surface area contributed by atoms with Gasteiger partial charge >= 0.3 is 13.8 Å². The number of anilines is 1. The number of imidazole rings is 1. The number of hydrogen-bond donors (Lipinski definition) is 15. The van der Waals surface area contributed by atoms with Gasteiger partial charge in [0.15, 0.2) is 11.5 Å².